The first kappa shape index (κ1) is 12.8. The van der Waals surface area contributed by atoms with Crippen LogP contribution in [0, 0.1) is 11.3 Å². The summed E-state index contributed by atoms with van der Waals surface area (Å²) in [6, 6.07) is 0. The van der Waals surface area contributed by atoms with Crippen LogP contribution in [-0.2, 0) is 4.79 Å². The molecule has 0 bridgehead atoms. The Morgan fingerprint density at radius 2 is 2.12 bits per heavy atom. The van der Waals surface area contributed by atoms with E-state index in [0.29, 0.717) is 12.5 Å². The van der Waals surface area contributed by atoms with Crippen molar-refractivity contribution in [2.45, 2.75) is 45.1 Å². The number of carbonyl (C=O) groups is 1. The predicted octanol–water partition coefficient (Wildman–Crippen LogP) is 0.653. The quantitative estimate of drug-likeness (QED) is 0.676. The van der Waals surface area contributed by atoms with Gasteiger partial charge >= 0.3 is 0 Å². The summed E-state index contributed by atoms with van der Waals surface area (Å²) in [6.45, 7) is 6.29. The van der Waals surface area contributed by atoms with Gasteiger partial charge in [0.2, 0.25) is 5.91 Å². The van der Waals surface area contributed by atoms with Crippen LogP contribution >= 0.6 is 0 Å². The van der Waals surface area contributed by atoms with Crippen molar-refractivity contribution in [2.24, 2.45) is 11.3 Å². The van der Waals surface area contributed by atoms with Crippen molar-refractivity contribution in [3.05, 3.63) is 0 Å². The molecule has 2 rings (SSSR count). The van der Waals surface area contributed by atoms with E-state index in [4.69, 9.17) is 0 Å². The predicted molar refractivity (Wildman–Crippen MR) is 66.6 cm³/mol. The molecule has 98 valence electrons. The lowest BCUT2D eigenvalue weighted by Gasteiger charge is -2.38. The normalized spacial score (nSPS) is 31.3. The van der Waals surface area contributed by atoms with E-state index in [1.807, 2.05) is 0 Å². The van der Waals surface area contributed by atoms with Gasteiger partial charge in [0.05, 0.1) is 11.0 Å². The first-order valence-electron chi connectivity index (χ1n) is 6.70. The molecular weight excluding hydrogens is 216 g/mol. The van der Waals surface area contributed by atoms with Gasteiger partial charge in [-0.2, -0.15) is 0 Å². The van der Waals surface area contributed by atoms with Gasteiger partial charge in [0.15, 0.2) is 0 Å². The van der Waals surface area contributed by atoms with Crippen LogP contribution in [0.2, 0.25) is 0 Å². The number of nitrogens with one attached hydrogen (secondary N) is 2. The second-order valence-electron chi connectivity index (χ2n) is 6.00. The van der Waals surface area contributed by atoms with Gasteiger partial charge in [-0.25, -0.2) is 0 Å². The van der Waals surface area contributed by atoms with Crippen LogP contribution in [0.3, 0.4) is 0 Å². The zero-order valence-corrected chi connectivity index (χ0v) is 10.9. The van der Waals surface area contributed by atoms with E-state index < -0.39 is 5.60 Å². The van der Waals surface area contributed by atoms with E-state index in [1.54, 1.807) is 0 Å². The minimum absolute atomic E-state index is 0.109. The Bertz CT molecular complexity index is 292. The molecule has 1 saturated carbocycles. The molecule has 3 N–H and O–H groups in total. The first-order chi connectivity index (χ1) is 7.99. The molecule has 1 aliphatic carbocycles. The van der Waals surface area contributed by atoms with Gasteiger partial charge in [0.1, 0.15) is 0 Å². The van der Waals surface area contributed by atoms with E-state index in [0.717, 1.165) is 38.8 Å². The molecule has 1 heterocycles. The summed E-state index contributed by atoms with van der Waals surface area (Å²) in [4.78, 5) is 12.3. The van der Waals surface area contributed by atoms with Crippen LogP contribution in [0.15, 0.2) is 0 Å². The maximum Gasteiger partial charge on any atom is 0.227 e. The molecule has 17 heavy (non-hydrogen) atoms. The number of hydrogen-bond acceptors (Lipinski definition) is 3. The standard InChI is InChI=1S/C13H24N2O2/c1-10(2)13(6-7-14-9-13)11(16)15-8-12(17)4-3-5-12/h10,14,17H,3-9H2,1-2H3,(H,15,16). The fourth-order valence-electron chi connectivity index (χ4n) is 2.84. The van der Waals surface area contributed by atoms with Gasteiger partial charge in [-0.1, -0.05) is 13.8 Å². The number of rotatable bonds is 4. The molecule has 1 saturated heterocycles. The average molecular weight is 240 g/mol. The molecule has 2 fully saturated rings. The number of aliphatic hydroxyl groups is 1. The van der Waals surface area contributed by atoms with Crippen LogP contribution in [0.1, 0.15) is 39.5 Å². The average Bonchev–Trinajstić information content (AvgIpc) is 2.73. The third kappa shape index (κ3) is 2.33. The van der Waals surface area contributed by atoms with E-state index >= 15 is 0 Å². The minimum atomic E-state index is -0.625. The molecule has 0 aromatic carbocycles. The van der Waals surface area contributed by atoms with Crippen molar-refractivity contribution in [3.63, 3.8) is 0 Å². The van der Waals surface area contributed by atoms with Crippen molar-refractivity contribution in [3.8, 4) is 0 Å². The van der Waals surface area contributed by atoms with Crippen LogP contribution in [0.4, 0.5) is 0 Å². The minimum Gasteiger partial charge on any atom is -0.388 e. The highest BCUT2D eigenvalue weighted by Crippen LogP contribution is 2.35. The van der Waals surface area contributed by atoms with Crippen molar-refractivity contribution >= 4 is 5.91 Å². The summed E-state index contributed by atoms with van der Waals surface area (Å²) in [5, 5.41) is 16.2. The summed E-state index contributed by atoms with van der Waals surface area (Å²) in [6.07, 6.45) is 3.61. The van der Waals surface area contributed by atoms with Gasteiger partial charge < -0.3 is 15.7 Å². The molecule has 1 unspecified atom stereocenters. The molecule has 4 nitrogen and oxygen atoms in total. The molecule has 2 aliphatic rings. The maximum atomic E-state index is 12.3. The zero-order chi connectivity index (χ0) is 12.5. The lowest BCUT2D eigenvalue weighted by molar-refractivity contribution is -0.134. The highest BCUT2D eigenvalue weighted by atomic mass is 16.3. The van der Waals surface area contributed by atoms with Crippen molar-refractivity contribution in [1.29, 1.82) is 0 Å². The fourth-order valence-corrected chi connectivity index (χ4v) is 2.84. The van der Waals surface area contributed by atoms with Gasteiger partial charge in [0.25, 0.3) is 0 Å². The Kier molecular flexibility index (Phi) is 3.46. The molecular formula is C13H24N2O2. The van der Waals surface area contributed by atoms with E-state index in [1.165, 1.54) is 0 Å². The molecule has 0 radical (unpaired) electrons. The van der Waals surface area contributed by atoms with E-state index in [2.05, 4.69) is 24.5 Å². The number of carbonyl (C=O) groups excluding carboxylic acids is 1. The van der Waals surface area contributed by atoms with Crippen LogP contribution in [-0.4, -0.2) is 36.2 Å². The Labute approximate surface area is 103 Å². The van der Waals surface area contributed by atoms with Crippen LogP contribution in [0.25, 0.3) is 0 Å². The second kappa shape index (κ2) is 4.58. The Balaban J connectivity index is 1.93. The fraction of sp³-hybridized carbons (Fsp3) is 0.923. The Hall–Kier alpha value is -0.610. The number of amides is 1. The summed E-state index contributed by atoms with van der Waals surface area (Å²) >= 11 is 0. The highest BCUT2D eigenvalue weighted by molar-refractivity contribution is 5.83. The zero-order valence-electron chi connectivity index (χ0n) is 10.9. The molecule has 0 aromatic heterocycles. The van der Waals surface area contributed by atoms with Crippen molar-refractivity contribution in [2.75, 3.05) is 19.6 Å². The third-order valence-corrected chi connectivity index (χ3v) is 4.61. The Morgan fingerprint density at radius 3 is 2.53 bits per heavy atom. The van der Waals surface area contributed by atoms with Crippen molar-refractivity contribution in [1.82, 2.24) is 10.6 Å². The van der Waals surface area contributed by atoms with E-state index in [9.17, 15) is 9.90 Å². The lowest BCUT2D eigenvalue weighted by Crippen LogP contribution is -2.53. The third-order valence-electron chi connectivity index (χ3n) is 4.61. The smallest absolute Gasteiger partial charge is 0.227 e. The monoisotopic (exact) mass is 240 g/mol. The van der Waals surface area contributed by atoms with Crippen molar-refractivity contribution < 1.29 is 9.90 Å². The maximum absolute atomic E-state index is 12.3. The van der Waals surface area contributed by atoms with Gasteiger partial charge in [0, 0.05) is 13.1 Å². The second-order valence-corrected chi connectivity index (χ2v) is 6.00. The number of hydrogen-bond donors (Lipinski definition) is 3. The molecule has 0 aromatic rings. The van der Waals surface area contributed by atoms with Gasteiger partial charge in [-0.05, 0) is 38.1 Å². The van der Waals surface area contributed by atoms with Gasteiger partial charge in [-0.3, -0.25) is 4.79 Å². The highest BCUT2D eigenvalue weighted by Gasteiger charge is 2.45. The van der Waals surface area contributed by atoms with Crippen LogP contribution in [0.5, 0.6) is 0 Å². The van der Waals surface area contributed by atoms with Gasteiger partial charge in [-0.15, -0.1) is 0 Å². The molecule has 1 atom stereocenters. The SMILES string of the molecule is CC(C)C1(C(=O)NCC2(O)CCC2)CCNC1. The molecule has 1 aliphatic heterocycles. The molecule has 0 spiro atoms. The van der Waals surface area contributed by atoms with E-state index in [-0.39, 0.29) is 11.3 Å². The largest absolute Gasteiger partial charge is 0.388 e. The lowest BCUT2D eigenvalue weighted by atomic mass is 9.75. The summed E-state index contributed by atoms with van der Waals surface area (Å²) in [5.41, 5.74) is -0.903. The Morgan fingerprint density at radius 1 is 1.41 bits per heavy atom. The topological polar surface area (TPSA) is 61.4 Å². The van der Waals surface area contributed by atoms with Crippen LogP contribution < -0.4 is 10.6 Å². The molecule has 1 amide bonds. The first-order valence-corrected chi connectivity index (χ1v) is 6.70. The molecule has 4 heteroatoms. The summed E-state index contributed by atoms with van der Waals surface area (Å²) in [7, 11) is 0. The summed E-state index contributed by atoms with van der Waals surface area (Å²) in [5.74, 6) is 0.436. The summed E-state index contributed by atoms with van der Waals surface area (Å²) < 4.78 is 0.